The van der Waals surface area contributed by atoms with Crippen LogP contribution >= 0.6 is 0 Å². The Morgan fingerprint density at radius 3 is 2.11 bits per heavy atom. The zero-order valence-corrected chi connectivity index (χ0v) is 4.65. The molecule has 0 aliphatic carbocycles. The van der Waals surface area contributed by atoms with Gasteiger partial charge in [-0.25, -0.2) is 0 Å². The lowest BCUT2D eigenvalue weighted by Crippen LogP contribution is -2.01. The number of hydrogen-bond donors (Lipinski definition) is 0. The molecule has 0 amide bonds. The van der Waals surface area contributed by atoms with Crippen molar-refractivity contribution in [2.45, 2.75) is 6.18 Å². The molecule has 1 saturated heterocycles. The highest BCUT2D eigenvalue weighted by Crippen LogP contribution is 2.17. The van der Waals surface area contributed by atoms with Gasteiger partial charge in [-0.15, -0.1) is 0 Å². The first-order valence-corrected chi connectivity index (χ1v) is 2.58. The maximum absolute atomic E-state index is 11.3. The summed E-state index contributed by atoms with van der Waals surface area (Å²) in [6, 6.07) is 0. The summed E-state index contributed by atoms with van der Waals surface area (Å²) in [6.07, 6.45) is -2.83. The van der Waals surface area contributed by atoms with Crippen LogP contribution < -0.4 is 0 Å². The monoisotopic (exact) mass is 137 g/mol. The Morgan fingerprint density at radius 1 is 1.22 bits per heavy atom. The van der Waals surface area contributed by atoms with Gasteiger partial charge in [-0.3, -0.25) is 0 Å². The lowest BCUT2D eigenvalue weighted by molar-refractivity contribution is -0.0804. The third kappa shape index (κ3) is 3.00. The highest BCUT2D eigenvalue weighted by Gasteiger charge is 2.23. The Kier molecular flexibility index (Phi) is 1.38. The molecule has 1 aliphatic heterocycles. The van der Waals surface area contributed by atoms with Gasteiger partial charge < -0.3 is 4.90 Å². The molecule has 0 spiro atoms. The minimum Gasteiger partial charge on any atom is -0.374 e. The Balaban J connectivity index is 2.29. The molecule has 1 nitrogen and oxygen atoms in total. The second-order valence-electron chi connectivity index (χ2n) is 1.89. The lowest BCUT2D eigenvalue weighted by atomic mass is 10.6. The van der Waals surface area contributed by atoms with Gasteiger partial charge in [-0.2, -0.15) is 13.2 Å². The second-order valence-corrected chi connectivity index (χ2v) is 1.89. The molecule has 0 atom stereocenters. The molecular formula is C5H6F3N. The molecule has 0 aromatic heterocycles. The normalized spacial score (nSPS) is 19.2. The summed E-state index contributed by atoms with van der Waals surface area (Å²) in [5.74, 6) is 0. The van der Waals surface area contributed by atoms with E-state index >= 15 is 0 Å². The van der Waals surface area contributed by atoms with Crippen LogP contribution in [0.2, 0.25) is 0 Å². The quantitative estimate of drug-likeness (QED) is 0.493. The standard InChI is InChI=1S/C5H6F3N/c6-5(7,8)1-2-9-3-4-9/h1-2H,3-4H2. The van der Waals surface area contributed by atoms with Crippen LogP contribution in [-0.2, 0) is 0 Å². The minimum atomic E-state index is -4.15. The molecule has 0 bridgehead atoms. The Labute approximate surface area is 50.8 Å². The zero-order valence-electron chi connectivity index (χ0n) is 4.65. The number of nitrogens with zero attached hydrogens (tertiary/aromatic N) is 1. The van der Waals surface area contributed by atoms with Crippen molar-refractivity contribution in [1.82, 2.24) is 4.90 Å². The summed E-state index contributed by atoms with van der Waals surface area (Å²) in [5, 5.41) is 0. The lowest BCUT2D eigenvalue weighted by Gasteiger charge is -1.96. The Morgan fingerprint density at radius 2 is 1.78 bits per heavy atom. The number of halogens is 3. The zero-order chi connectivity index (χ0) is 6.91. The third-order valence-electron chi connectivity index (χ3n) is 0.956. The van der Waals surface area contributed by atoms with Gasteiger partial charge in [0.1, 0.15) is 0 Å². The van der Waals surface area contributed by atoms with E-state index in [0.717, 1.165) is 19.3 Å². The van der Waals surface area contributed by atoms with Crippen LogP contribution in [0.3, 0.4) is 0 Å². The van der Waals surface area contributed by atoms with Crippen molar-refractivity contribution in [3.8, 4) is 0 Å². The van der Waals surface area contributed by atoms with Gasteiger partial charge in [0.15, 0.2) is 0 Å². The fourth-order valence-corrected chi connectivity index (χ4v) is 0.397. The molecule has 0 aromatic carbocycles. The van der Waals surface area contributed by atoms with Gasteiger partial charge in [0.25, 0.3) is 0 Å². The number of rotatable bonds is 1. The van der Waals surface area contributed by atoms with Crippen LogP contribution in [0.25, 0.3) is 0 Å². The SMILES string of the molecule is FC(F)(F)C=CN1CC1. The maximum Gasteiger partial charge on any atom is 0.411 e. The average molecular weight is 137 g/mol. The van der Waals surface area contributed by atoms with Gasteiger partial charge in [0.2, 0.25) is 0 Å². The maximum atomic E-state index is 11.3. The smallest absolute Gasteiger partial charge is 0.374 e. The van der Waals surface area contributed by atoms with Gasteiger partial charge >= 0.3 is 6.18 Å². The summed E-state index contributed by atoms with van der Waals surface area (Å²) >= 11 is 0. The van der Waals surface area contributed by atoms with E-state index in [0.29, 0.717) is 0 Å². The van der Waals surface area contributed by atoms with E-state index in [1.165, 1.54) is 0 Å². The molecular weight excluding hydrogens is 131 g/mol. The van der Waals surface area contributed by atoms with Gasteiger partial charge in [-0.1, -0.05) is 0 Å². The van der Waals surface area contributed by atoms with Crippen LogP contribution in [-0.4, -0.2) is 24.2 Å². The molecule has 1 rings (SSSR count). The molecule has 9 heavy (non-hydrogen) atoms. The van der Waals surface area contributed by atoms with Gasteiger partial charge in [0, 0.05) is 25.4 Å². The van der Waals surface area contributed by atoms with Crippen LogP contribution in [0.1, 0.15) is 0 Å². The van der Waals surface area contributed by atoms with E-state index in [1.54, 1.807) is 4.90 Å². The van der Waals surface area contributed by atoms with Crippen LogP contribution in [0.15, 0.2) is 12.3 Å². The van der Waals surface area contributed by atoms with Crippen LogP contribution in [0, 0.1) is 0 Å². The summed E-state index contributed by atoms with van der Waals surface area (Å²) in [5.41, 5.74) is 0. The van der Waals surface area contributed by atoms with Crippen LogP contribution in [0.5, 0.6) is 0 Å². The molecule has 0 aromatic rings. The van der Waals surface area contributed by atoms with Crippen LogP contribution in [0.4, 0.5) is 13.2 Å². The molecule has 0 radical (unpaired) electrons. The van der Waals surface area contributed by atoms with Gasteiger partial charge in [-0.05, 0) is 0 Å². The summed E-state index contributed by atoms with van der Waals surface area (Å²) in [6.45, 7) is 1.51. The molecule has 4 heteroatoms. The largest absolute Gasteiger partial charge is 0.411 e. The number of hydrogen-bond acceptors (Lipinski definition) is 1. The summed E-state index contributed by atoms with van der Waals surface area (Å²) < 4.78 is 34.0. The van der Waals surface area contributed by atoms with E-state index in [-0.39, 0.29) is 6.08 Å². The first kappa shape index (κ1) is 6.45. The summed E-state index contributed by atoms with van der Waals surface area (Å²) in [7, 11) is 0. The second kappa shape index (κ2) is 1.93. The topological polar surface area (TPSA) is 3.01 Å². The van der Waals surface area contributed by atoms with E-state index in [4.69, 9.17) is 0 Å². The van der Waals surface area contributed by atoms with E-state index in [2.05, 4.69) is 0 Å². The van der Waals surface area contributed by atoms with Crippen molar-refractivity contribution in [1.29, 1.82) is 0 Å². The van der Waals surface area contributed by atoms with Crippen molar-refractivity contribution in [3.63, 3.8) is 0 Å². The molecule has 1 heterocycles. The average Bonchev–Trinajstić information content (AvgIpc) is 2.38. The third-order valence-corrected chi connectivity index (χ3v) is 0.956. The number of alkyl halides is 3. The fraction of sp³-hybridized carbons (Fsp3) is 0.600. The van der Waals surface area contributed by atoms with E-state index in [1.807, 2.05) is 0 Å². The van der Waals surface area contributed by atoms with Crippen molar-refractivity contribution in [3.05, 3.63) is 12.3 Å². The molecule has 1 fully saturated rings. The van der Waals surface area contributed by atoms with E-state index < -0.39 is 6.18 Å². The molecule has 1 aliphatic rings. The van der Waals surface area contributed by atoms with Crippen molar-refractivity contribution < 1.29 is 13.2 Å². The predicted molar refractivity (Wildman–Crippen MR) is 26.8 cm³/mol. The van der Waals surface area contributed by atoms with Crippen molar-refractivity contribution in [2.75, 3.05) is 13.1 Å². The minimum absolute atomic E-state index is 0.250. The Bertz CT molecular complexity index is 123. The highest BCUT2D eigenvalue weighted by atomic mass is 19.4. The fourth-order valence-electron chi connectivity index (χ4n) is 0.397. The molecule has 52 valence electrons. The molecule has 0 N–H and O–H groups in total. The van der Waals surface area contributed by atoms with Gasteiger partial charge in [0.05, 0.1) is 0 Å². The Hall–Kier alpha value is -0.670. The van der Waals surface area contributed by atoms with Crippen molar-refractivity contribution >= 4 is 0 Å². The molecule has 0 saturated carbocycles. The highest BCUT2D eigenvalue weighted by molar-refractivity contribution is 4.94. The van der Waals surface area contributed by atoms with E-state index in [9.17, 15) is 13.2 Å². The first-order valence-electron chi connectivity index (χ1n) is 2.58. The predicted octanol–water partition coefficient (Wildman–Crippen LogP) is 1.38. The first-order chi connectivity index (χ1) is 4.08. The van der Waals surface area contributed by atoms with Crippen molar-refractivity contribution in [2.24, 2.45) is 0 Å². The summed E-state index contributed by atoms with van der Waals surface area (Å²) in [4.78, 5) is 1.58. The number of allylic oxidation sites excluding steroid dienone is 1. The molecule has 0 unspecified atom stereocenters.